The number of carbonyl (C=O) groups is 1. The molecule has 2 unspecified atom stereocenters. The van der Waals surface area contributed by atoms with Gasteiger partial charge in [0, 0.05) is 25.3 Å². The minimum Gasteiger partial charge on any atom is -0.334 e. The molecule has 1 aliphatic heterocycles. The monoisotopic (exact) mass is 272 g/mol. The van der Waals surface area contributed by atoms with E-state index in [2.05, 4.69) is 12.0 Å². The fraction of sp³-hybridized carbons (Fsp3) is 0.667. The van der Waals surface area contributed by atoms with Crippen LogP contribution >= 0.6 is 12.4 Å². The Kier molecular flexibility index (Phi) is 4.76. The molecule has 0 aliphatic carbocycles. The van der Waals surface area contributed by atoms with E-state index in [0.29, 0.717) is 18.2 Å². The molecule has 1 saturated heterocycles. The summed E-state index contributed by atoms with van der Waals surface area (Å²) in [5, 5.41) is 4.23. The van der Waals surface area contributed by atoms with Gasteiger partial charge in [-0.2, -0.15) is 5.10 Å². The predicted molar refractivity (Wildman–Crippen MR) is 72.9 cm³/mol. The summed E-state index contributed by atoms with van der Waals surface area (Å²) in [7, 11) is 1.85. The first kappa shape index (κ1) is 15.0. The van der Waals surface area contributed by atoms with Crippen LogP contribution in [0.5, 0.6) is 0 Å². The average molecular weight is 273 g/mol. The second-order valence-electron chi connectivity index (χ2n) is 4.94. The quantitative estimate of drug-likeness (QED) is 0.872. The van der Waals surface area contributed by atoms with Gasteiger partial charge in [0.25, 0.3) is 5.91 Å². The van der Waals surface area contributed by atoms with E-state index in [4.69, 9.17) is 5.73 Å². The minimum absolute atomic E-state index is 0. The fourth-order valence-corrected chi connectivity index (χ4v) is 2.41. The zero-order chi connectivity index (χ0) is 12.6. The Morgan fingerprint density at radius 3 is 2.72 bits per heavy atom. The van der Waals surface area contributed by atoms with Crippen molar-refractivity contribution in [3.8, 4) is 0 Å². The van der Waals surface area contributed by atoms with Gasteiger partial charge in [-0.05, 0) is 38.8 Å². The number of halogens is 1. The zero-order valence-electron chi connectivity index (χ0n) is 11.1. The maximum Gasteiger partial charge on any atom is 0.274 e. The summed E-state index contributed by atoms with van der Waals surface area (Å²) in [5.41, 5.74) is 7.20. The van der Waals surface area contributed by atoms with Crippen molar-refractivity contribution in [3.05, 3.63) is 17.5 Å². The Morgan fingerprint density at radius 1 is 1.61 bits per heavy atom. The summed E-state index contributed by atoms with van der Waals surface area (Å²) in [5.74, 6) is 0.455. The third kappa shape index (κ3) is 2.67. The zero-order valence-corrected chi connectivity index (χ0v) is 11.9. The molecule has 2 atom stereocenters. The van der Waals surface area contributed by atoms with Crippen LogP contribution in [0.25, 0.3) is 0 Å². The lowest BCUT2D eigenvalue weighted by Gasteiger charge is -2.20. The van der Waals surface area contributed by atoms with Gasteiger partial charge in [-0.25, -0.2) is 0 Å². The van der Waals surface area contributed by atoms with E-state index in [0.717, 1.165) is 18.7 Å². The lowest BCUT2D eigenvalue weighted by molar-refractivity contribution is 0.0736. The highest BCUT2D eigenvalue weighted by atomic mass is 35.5. The standard InChI is InChI=1S/C12H20N4O.ClH/c1-8-5-11(14-15(8)3)12(17)16-7-10(6-13)4-9(16)2;/h5,9-10H,4,6-7,13H2,1-3H3;1H. The topological polar surface area (TPSA) is 64.2 Å². The van der Waals surface area contributed by atoms with E-state index in [1.807, 2.05) is 24.9 Å². The molecule has 1 aromatic heterocycles. The van der Waals surface area contributed by atoms with Gasteiger partial charge in [0.2, 0.25) is 0 Å². The van der Waals surface area contributed by atoms with E-state index in [1.54, 1.807) is 4.68 Å². The van der Waals surface area contributed by atoms with Crippen molar-refractivity contribution < 1.29 is 4.79 Å². The van der Waals surface area contributed by atoms with Gasteiger partial charge < -0.3 is 10.6 Å². The smallest absolute Gasteiger partial charge is 0.274 e. The van der Waals surface area contributed by atoms with Crippen molar-refractivity contribution in [1.29, 1.82) is 0 Å². The molecule has 5 nitrogen and oxygen atoms in total. The van der Waals surface area contributed by atoms with E-state index in [-0.39, 0.29) is 24.4 Å². The molecule has 2 heterocycles. The number of hydrogen-bond acceptors (Lipinski definition) is 3. The largest absolute Gasteiger partial charge is 0.334 e. The summed E-state index contributed by atoms with van der Waals surface area (Å²) in [4.78, 5) is 14.2. The first-order valence-corrected chi connectivity index (χ1v) is 6.04. The molecule has 18 heavy (non-hydrogen) atoms. The molecule has 0 spiro atoms. The molecular formula is C12H21ClN4O. The summed E-state index contributed by atoms with van der Waals surface area (Å²) in [6.07, 6.45) is 0.994. The van der Waals surface area contributed by atoms with Crippen LogP contribution in [0.15, 0.2) is 6.07 Å². The van der Waals surface area contributed by atoms with Crippen molar-refractivity contribution in [3.63, 3.8) is 0 Å². The average Bonchev–Trinajstić information content (AvgIpc) is 2.82. The number of carbonyl (C=O) groups excluding carboxylic acids is 1. The van der Waals surface area contributed by atoms with Crippen molar-refractivity contribution in [2.75, 3.05) is 13.1 Å². The molecule has 0 bridgehead atoms. The molecule has 0 aromatic carbocycles. The summed E-state index contributed by atoms with van der Waals surface area (Å²) in [6.45, 7) is 5.42. The highest BCUT2D eigenvalue weighted by molar-refractivity contribution is 5.92. The van der Waals surface area contributed by atoms with E-state index >= 15 is 0 Å². The number of likely N-dealkylation sites (tertiary alicyclic amines) is 1. The number of hydrogen-bond donors (Lipinski definition) is 1. The summed E-state index contributed by atoms with van der Waals surface area (Å²) < 4.78 is 1.73. The Labute approximate surface area is 114 Å². The minimum atomic E-state index is 0. The second kappa shape index (κ2) is 5.71. The van der Waals surface area contributed by atoms with Crippen LogP contribution in [-0.4, -0.2) is 39.7 Å². The molecule has 102 valence electrons. The van der Waals surface area contributed by atoms with Crippen LogP contribution in [0.2, 0.25) is 0 Å². The van der Waals surface area contributed by atoms with Crippen LogP contribution < -0.4 is 5.73 Å². The molecule has 1 aromatic rings. The highest BCUT2D eigenvalue weighted by Gasteiger charge is 2.33. The molecule has 0 saturated carbocycles. The highest BCUT2D eigenvalue weighted by Crippen LogP contribution is 2.23. The number of nitrogens with zero attached hydrogens (tertiary/aromatic N) is 3. The second-order valence-corrected chi connectivity index (χ2v) is 4.94. The van der Waals surface area contributed by atoms with Gasteiger partial charge in [0.05, 0.1) is 0 Å². The van der Waals surface area contributed by atoms with Crippen LogP contribution in [0.3, 0.4) is 0 Å². The molecule has 1 aliphatic rings. The van der Waals surface area contributed by atoms with Crippen molar-refractivity contribution in [1.82, 2.24) is 14.7 Å². The number of rotatable bonds is 2. The van der Waals surface area contributed by atoms with Gasteiger partial charge >= 0.3 is 0 Å². The van der Waals surface area contributed by atoms with Crippen LogP contribution in [-0.2, 0) is 7.05 Å². The third-order valence-corrected chi connectivity index (χ3v) is 3.59. The van der Waals surface area contributed by atoms with Gasteiger partial charge in [0.15, 0.2) is 5.69 Å². The Balaban J connectivity index is 0.00000162. The van der Waals surface area contributed by atoms with Gasteiger partial charge in [0.1, 0.15) is 0 Å². The number of amides is 1. The maximum absolute atomic E-state index is 12.3. The summed E-state index contributed by atoms with van der Waals surface area (Å²) >= 11 is 0. The normalized spacial score (nSPS) is 23.0. The molecule has 2 N–H and O–H groups in total. The molecular weight excluding hydrogens is 252 g/mol. The van der Waals surface area contributed by atoms with Gasteiger partial charge in [-0.3, -0.25) is 9.48 Å². The fourth-order valence-electron chi connectivity index (χ4n) is 2.41. The maximum atomic E-state index is 12.3. The van der Waals surface area contributed by atoms with E-state index in [9.17, 15) is 4.79 Å². The molecule has 6 heteroatoms. The number of aromatic nitrogens is 2. The van der Waals surface area contributed by atoms with Crippen LogP contribution in [0.4, 0.5) is 0 Å². The SMILES string of the molecule is Cc1cc(C(=O)N2CC(CN)CC2C)nn1C.Cl. The molecule has 2 rings (SSSR count). The van der Waals surface area contributed by atoms with Crippen LogP contribution in [0, 0.1) is 12.8 Å². The lowest BCUT2D eigenvalue weighted by Crippen LogP contribution is -2.34. The van der Waals surface area contributed by atoms with Crippen molar-refractivity contribution in [2.24, 2.45) is 18.7 Å². The Morgan fingerprint density at radius 2 is 2.28 bits per heavy atom. The van der Waals surface area contributed by atoms with Crippen molar-refractivity contribution >= 4 is 18.3 Å². The van der Waals surface area contributed by atoms with Crippen molar-refractivity contribution in [2.45, 2.75) is 26.3 Å². The first-order valence-electron chi connectivity index (χ1n) is 6.04. The van der Waals surface area contributed by atoms with E-state index < -0.39 is 0 Å². The lowest BCUT2D eigenvalue weighted by atomic mass is 10.1. The summed E-state index contributed by atoms with van der Waals surface area (Å²) in [6, 6.07) is 2.10. The van der Waals surface area contributed by atoms with Gasteiger partial charge in [-0.15, -0.1) is 12.4 Å². The molecule has 1 fully saturated rings. The van der Waals surface area contributed by atoms with E-state index in [1.165, 1.54) is 0 Å². The Bertz CT molecular complexity index is 412. The van der Waals surface area contributed by atoms with Gasteiger partial charge in [-0.1, -0.05) is 0 Å². The number of nitrogens with two attached hydrogens (primary N) is 1. The van der Waals surface area contributed by atoms with Crippen LogP contribution in [0.1, 0.15) is 29.5 Å². The molecule has 0 radical (unpaired) electrons. The number of aryl methyl sites for hydroxylation is 2. The third-order valence-electron chi connectivity index (χ3n) is 3.59. The predicted octanol–water partition coefficient (Wildman–Crippen LogP) is 0.960. The Hall–Kier alpha value is -1.07. The molecule has 1 amide bonds. The first-order chi connectivity index (χ1) is 8.02.